The van der Waals surface area contributed by atoms with E-state index in [-0.39, 0.29) is 23.5 Å². The van der Waals surface area contributed by atoms with Crippen LogP contribution in [0.1, 0.15) is 50.8 Å². The van der Waals surface area contributed by atoms with Gasteiger partial charge in [-0.1, -0.05) is 31.6 Å². The number of carbonyl (C=O) groups is 1. The van der Waals surface area contributed by atoms with Crippen molar-refractivity contribution >= 4 is 23.1 Å². The van der Waals surface area contributed by atoms with Crippen molar-refractivity contribution < 1.29 is 14.6 Å². The van der Waals surface area contributed by atoms with Gasteiger partial charge in [0.05, 0.1) is 43.8 Å². The van der Waals surface area contributed by atoms with Crippen LogP contribution in [-0.4, -0.2) is 62.6 Å². The number of pyridine rings is 1. The molecule has 10 heteroatoms. The van der Waals surface area contributed by atoms with Crippen molar-refractivity contribution in [2.45, 2.75) is 65.3 Å². The summed E-state index contributed by atoms with van der Waals surface area (Å²) in [4.78, 5) is 31.4. The molecule has 234 valence electrons. The van der Waals surface area contributed by atoms with E-state index < -0.39 is 0 Å². The SMILES string of the molecule is Cn1cc(-c2cccc(N3CCC4=C(CC5=C4CC(C)(C)C5)C3=O)c2CO)cc(Nc2cc3n(n2)CCN(C2COC2)C3)c1=O. The predicted octanol–water partition coefficient (Wildman–Crippen LogP) is 4.25. The lowest BCUT2D eigenvalue weighted by molar-refractivity contribution is -0.115. The van der Waals surface area contributed by atoms with Crippen LogP contribution in [0.4, 0.5) is 17.2 Å². The topological polar surface area (TPSA) is 105 Å². The number of hydrogen-bond acceptors (Lipinski definition) is 7. The molecule has 1 aromatic carbocycles. The van der Waals surface area contributed by atoms with Gasteiger partial charge < -0.3 is 24.6 Å². The molecular weight excluding hydrogens is 568 g/mol. The number of fused-ring (bicyclic) bond motifs is 2. The Bertz CT molecular complexity index is 1860. The van der Waals surface area contributed by atoms with Gasteiger partial charge in [-0.15, -0.1) is 0 Å². The third-order valence-electron chi connectivity index (χ3n) is 10.3. The number of aliphatic hydroxyl groups is 1. The van der Waals surface area contributed by atoms with E-state index in [1.807, 2.05) is 39.9 Å². The van der Waals surface area contributed by atoms with Crippen LogP contribution in [-0.2, 0) is 36.3 Å². The van der Waals surface area contributed by atoms with Gasteiger partial charge in [-0.05, 0) is 59.9 Å². The highest BCUT2D eigenvalue weighted by atomic mass is 16.5. The fourth-order valence-electron chi connectivity index (χ4n) is 8.01. The Morgan fingerprint density at radius 1 is 1.07 bits per heavy atom. The fraction of sp³-hybridized carbons (Fsp3) is 0.457. The molecule has 3 aliphatic heterocycles. The summed E-state index contributed by atoms with van der Waals surface area (Å²) in [6.45, 7) is 9.06. The van der Waals surface area contributed by atoms with E-state index in [1.54, 1.807) is 17.8 Å². The number of rotatable bonds is 6. The zero-order chi connectivity index (χ0) is 31.0. The first-order valence-corrected chi connectivity index (χ1v) is 16.0. The number of aliphatic hydroxyl groups excluding tert-OH is 1. The maximum Gasteiger partial charge on any atom is 0.274 e. The standard InChI is InChI=1S/C35H40N6O4/c1-35(2)14-21-11-27-26(28(21)15-35)7-8-40(33(27)43)31-6-4-5-25(29(31)18-42)22-12-30(34(44)38(3)16-22)36-32-13-23-17-39(24-19-45-20-24)9-10-41(23)37-32/h4-6,12-13,16,24,42H,7-11,14-15,17-20H2,1-3H3,(H,36,37). The average molecular weight is 609 g/mol. The second kappa shape index (κ2) is 10.5. The number of nitrogens with zero attached hydrogens (tertiary/aromatic N) is 5. The van der Waals surface area contributed by atoms with Crippen molar-refractivity contribution in [3.05, 3.63) is 80.4 Å². The van der Waals surface area contributed by atoms with Crippen molar-refractivity contribution in [2.24, 2.45) is 12.5 Å². The van der Waals surface area contributed by atoms with Crippen molar-refractivity contribution in [3.8, 4) is 11.1 Å². The highest BCUT2D eigenvalue weighted by molar-refractivity contribution is 6.09. The lowest BCUT2D eigenvalue weighted by Crippen LogP contribution is -2.51. The van der Waals surface area contributed by atoms with E-state index in [9.17, 15) is 14.7 Å². The van der Waals surface area contributed by atoms with E-state index in [0.29, 0.717) is 29.7 Å². The van der Waals surface area contributed by atoms with Gasteiger partial charge in [0.1, 0.15) is 5.69 Å². The number of benzene rings is 1. The van der Waals surface area contributed by atoms with Gasteiger partial charge in [-0.25, -0.2) is 0 Å². The summed E-state index contributed by atoms with van der Waals surface area (Å²) < 4.78 is 8.94. The van der Waals surface area contributed by atoms with Crippen LogP contribution in [0.2, 0.25) is 0 Å². The van der Waals surface area contributed by atoms with Gasteiger partial charge in [0.15, 0.2) is 5.82 Å². The van der Waals surface area contributed by atoms with Crippen molar-refractivity contribution in [1.29, 1.82) is 0 Å². The van der Waals surface area contributed by atoms with Gasteiger partial charge in [0, 0.05) is 55.6 Å². The molecule has 1 saturated heterocycles. The third kappa shape index (κ3) is 4.78. The first kappa shape index (κ1) is 28.5. The minimum Gasteiger partial charge on any atom is -0.392 e. The molecule has 0 radical (unpaired) electrons. The molecular formula is C35H40N6O4. The summed E-state index contributed by atoms with van der Waals surface area (Å²) in [6, 6.07) is 10.1. The Hall–Kier alpha value is -3.99. The zero-order valence-electron chi connectivity index (χ0n) is 26.2. The van der Waals surface area contributed by atoms with Crippen molar-refractivity contribution in [3.63, 3.8) is 0 Å². The summed E-state index contributed by atoms with van der Waals surface area (Å²) in [5.74, 6) is 0.677. The molecule has 0 bridgehead atoms. The Morgan fingerprint density at radius 3 is 2.69 bits per heavy atom. The van der Waals surface area contributed by atoms with Crippen LogP contribution in [0.15, 0.2) is 63.6 Å². The molecule has 0 saturated carbocycles. The monoisotopic (exact) mass is 608 g/mol. The van der Waals surface area contributed by atoms with Crippen molar-refractivity contribution in [2.75, 3.05) is 36.5 Å². The summed E-state index contributed by atoms with van der Waals surface area (Å²) in [5.41, 5.74) is 9.63. The zero-order valence-corrected chi connectivity index (χ0v) is 26.2. The highest BCUT2D eigenvalue weighted by Gasteiger charge is 2.42. The molecule has 0 atom stereocenters. The normalized spacial score (nSPS) is 21.2. The molecule has 1 amide bonds. The van der Waals surface area contributed by atoms with Crippen LogP contribution in [0.25, 0.3) is 11.1 Å². The van der Waals surface area contributed by atoms with Gasteiger partial charge in [0.2, 0.25) is 0 Å². The van der Waals surface area contributed by atoms with E-state index >= 15 is 0 Å². The number of aromatic nitrogens is 3. The Labute approximate surface area is 262 Å². The highest BCUT2D eigenvalue weighted by Crippen LogP contribution is 2.53. The molecule has 2 aromatic heterocycles. The number of aryl methyl sites for hydroxylation is 1. The van der Waals surface area contributed by atoms with Gasteiger partial charge in [0.25, 0.3) is 11.5 Å². The molecule has 0 unspecified atom stereocenters. The number of ether oxygens (including phenoxy) is 1. The molecule has 5 heterocycles. The average Bonchev–Trinajstić information content (AvgIpc) is 3.63. The van der Waals surface area contributed by atoms with E-state index in [1.165, 1.54) is 16.7 Å². The minimum atomic E-state index is -0.230. The van der Waals surface area contributed by atoms with Gasteiger partial charge in [-0.3, -0.25) is 19.2 Å². The number of anilines is 3. The van der Waals surface area contributed by atoms with Crippen LogP contribution < -0.4 is 15.8 Å². The minimum absolute atomic E-state index is 0.0465. The molecule has 45 heavy (non-hydrogen) atoms. The number of carbonyl (C=O) groups excluding carboxylic acids is 1. The number of amides is 1. The van der Waals surface area contributed by atoms with E-state index in [2.05, 4.69) is 24.1 Å². The smallest absolute Gasteiger partial charge is 0.274 e. The first-order chi connectivity index (χ1) is 21.7. The largest absolute Gasteiger partial charge is 0.392 e. The van der Waals surface area contributed by atoms with Crippen LogP contribution in [0, 0.1) is 5.41 Å². The van der Waals surface area contributed by atoms with Crippen LogP contribution >= 0.6 is 0 Å². The Balaban J connectivity index is 1.08. The number of nitrogens with one attached hydrogen (secondary N) is 1. The number of allylic oxidation sites excluding steroid dienone is 2. The summed E-state index contributed by atoms with van der Waals surface area (Å²) in [7, 11) is 1.73. The van der Waals surface area contributed by atoms with Gasteiger partial charge >= 0.3 is 0 Å². The Morgan fingerprint density at radius 2 is 1.91 bits per heavy atom. The molecule has 0 spiro atoms. The first-order valence-electron chi connectivity index (χ1n) is 16.0. The maximum atomic E-state index is 13.9. The molecule has 5 aliphatic rings. The second-order valence-corrected chi connectivity index (χ2v) is 14.0. The summed E-state index contributed by atoms with van der Waals surface area (Å²) in [5, 5.41) is 18.7. The lowest BCUT2D eigenvalue weighted by atomic mass is 9.84. The summed E-state index contributed by atoms with van der Waals surface area (Å²) >= 11 is 0. The summed E-state index contributed by atoms with van der Waals surface area (Å²) in [6.07, 6.45) is 5.47. The fourth-order valence-corrected chi connectivity index (χ4v) is 8.01. The van der Waals surface area contributed by atoms with Gasteiger partial charge in [-0.2, -0.15) is 5.10 Å². The number of hydrogen-bond donors (Lipinski definition) is 2. The van der Waals surface area contributed by atoms with Crippen molar-refractivity contribution in [1.82, 2.24) is 19.2 Å². The molecule has 2 N–H and O–H groups in total. The molecule has 10 nitrogen and oxygen atoms in total. The Kier molecular flexibility index (Phi) is 6.67. The molecule has 1 fully saturated rings. The molecule has 3 aromatic rings. The maximum absolute atomic E-state index is 13.9. The predicted molar refractivity (Wildman–Crippen MR) is 172 cm³/mol. The molecule has 2 aliphatic carbocycles. The third-order valence-corrected chi connectivity index (χ3v) is 10.3. The van der Waals surface area contributed by atoms with Crippen LogP contribution in [0.5, 0.6) is 0 Å². The van der Waals surface area contributed by atoms with Crippen LogP contribution in [0.3, 0.4) is 0 Å². The van der Waals surface area contributed by atoms with E-state index in [0.717, 1.165) is 86.6 Å². The second-order valence-electron chi connectivity index (χ2n) is 14.0. The van der Waals surface area contributed by atoms with E-state index in [4.69, 9.17) is 9.84 Å². The quantitative estimate of drug-likeness (QED) is 0.431. The molecule has 8 rings (SSSR count). The lowest BCUT2D eigenvalue weighted by Gasteiger charge is -2.39.